The molecule has 0 fully saturated rings. The molecule has 76 valence electrons. The van der Waals surface area contributed by atoms with Gasteiger partial charge in [0.25, 0.3) is 0 Å². The molecule has 4 heteroatoms. The van der Waals surface area contributed by atoms with Crippen LogP contribution in [0.15, 0.2) is 41.0 Å². The largest absolute Gasteiger partial charge is 0.383 e. The molecule has 15 heavy (non-hydrogen) atoms. The number of nitrogens with zero attached hydrogens (tertiary/aromatic N) is 1. The van der Waals surface area contributed by atoms with Crippen LogP contribution < -0.4 is 5.73 Å². The number of anilines is 1. The van der Waals surface area contributed by atoms with Gasteiger partial charge in [0.15, 0.2) is 0 Å². The number of nitrogens with two attached hydrogens (primary N) is 1. The lowest BCUT2D eigenvalue weighted by Crippen LogP contribution is -1.94. The summed E-state index contributed by atoms with van der Waals surface area (Å²) in [6.07, 6.45) is 1.58. The van der Waals surface area contributed by atoms with Crippen molar-refractivity contribution >= 4 is 21.7 Å². The third kappa shape index (κ3) is 1.99. The summed E-state index contributed by atoms with van der Waals surface area (Å²) in [5.41, 5.74) is 6.74. The fourth-order valence-electron chi connectivity index (χ4n) is 1.35. The molecule has 1 aromatic carbocycles. The highest BCUT2D eigenvalue weighted by atomic mass is 79.9. The van der Waals surface area contributed by atoms with E-state index in [1.54, 1.807) is 30.5 Å². The van der Waals surface area contributed by atoms with Gasteiger partial charge in [0.2, 0.25) is 0 Å². The third-order valence-electron chi connectivity index (χ3n) is 2.06. The van der Waals surface area contributed by atoms with Gasteiger partial charge in [-0.15, -0.1) is 0 Å². The minimum absolute atomic E-state index is 0.307. The highest BCUT2D eigenvalue weighted by Crippen LogP contribution is 2.28. The summed E-state index contributed by atoms with van der Waals surface area (Å²) >= 11 is 3.29. The molecule has 1 heterocycles. The van der Waals surface area contributed by atoms with Gasteiger partial charge in [-0.25, -0.2) is 9.37 Å². The van der Waals surface area contributed by atoms with Crippen molar-refractivity contribution in [1.29, 1.82) is 0 Å². The number of pyridine rings is 1. The zero-order chi connectivity index (χ0) is 10.8. The van der Waals surface area contributed by atoms with Crippen molar-refractivity contribution in [3.63, 3.8) is 0 Å². The number of hydrogen-bond donors (Lipinski definition) is 1. The van der Waals surface area contributed by atoms with Crippen LogP contribution in [0.1, 0.15) is 0 Å². The van der Waals surface area contributed by atoms with E-state index in [2.05, 4.69) is 20.9 Å². The molecular formula is C11H8BrFN2. The first-order valence-corrected chi connectivity index (χ1v) is 5.13. The number of aromatic nitrogens is 1. The molecule has 0 radical (unpaired) electrons. The van der Waals surface area contributed by atoms with Crippen molar-refractivity contribution in [2.24, 2.45) is 0 Å². The Morgan fingerprint density at radius 3 is 2.73 bits per heavy atom. The maximum absolute atomic E-state index is 13.5. The molecule has 0 amide bonds. The average Bonchev–Trinajstić information content (AvgIpc) is 2.23. The number of rotatable bonds is 1. The van der Waals surface area contributed by atoms with Gasteiger partial charge in [0.05, 0.1) is 0 Å². The van der Waals surface area contributed by atoms with Crippen molar-refractivity contribution in [3.8, 4) is 11.1 Å². The maximum Gasteiger partial charge on any atom is 0.131 e. The lowest BCUT2D eigenvalue weighted by atomic mass is 10.1. The van der Waals surface area contributed by atoms with Crippen molar-refractivity contribution in [3.05, 3.63) is 46.8 Å². The van der Waals surface area contributed by atoms with Gasteiger partial charge >= 0.3 is 0 Å². The zero-order valence-corrected chi connectivity index (χ0v) is 9.33. The summed E-state index contributed by atoms with van der Waals surface area (Å²) in [7, 11) is 0. The first-order valence-electron chi connectivity index (χ1n) is 4.34. The fraction of sp³-hybridized carbons (Fsp3) is 0. The Kier molecular flexibility index (Phi) is 2.68. The van der Waals surface area contributed by atoms with E-state index < -0.39 is 0 Å². The van der Waals surface area contributed by atoms with Gasteiger partial charge in [-0.3, -0.25) is 0 Å². The van der Waals surface area contributed by atoms with E-state index in [0.717, 1.165) is 4.47 Å². The standard InChI is InChI=1S/C11H8BrFN2/c12-7-3-4-10(13)9(6-7)8-2-1-5-15-11(8)14/h1-6H,(H2,14,15). The number of hydrogen-bond acceptors (Lipinski definition) is 2. The summed E-state index contributed by atoms with van der Waals surface area (Å²) in [6, 6.07) is 8.19. The van der Waals surface area contributed by atoms with E-state index in [1.165, 1.54) is 6.07 Å². The van der Waals surface area contributed by atoms with E-state index in [-0.39, 0.29) is 5.82 Å². The minimum Gasteiger partial charge on any atom is -0.383 e. The first-order chi connectivity index (χ1) is 7.18. The van der Waals surface area contributed by atoms with Gasteiger partial charge < -0.3 is 5.73 Å². The molecule has 0 atom stereocenters. The van der Waals surface area contributed by atoms with Gasteiger partial charge in [-0.05, 0) is 30.3 Å². The molecular weight excluding hydrogens is 259 g/mol. The Labute approximate surface area is 95.1 Å². The number of benzene rings is 1. The van der Waals surface area contributed by atoms with E-state index in [0.29, 0.717) is 16.9 Å². The van der Waals surface area contributed by atoms with Crippen LogP contribution in [0.3, 0.4) is 0 Å². The van der Waals surface area contributed by atoms with E-state index >= 15 is 0 Å². The molecule has 2 aromatic rings. The molecule has 0 bridgehead atoms. The van der Waals surface area contributed by atoms with E-state index in [1.807, 2.05) is 0 Å². The molecule has 2 nitrogen and oxygen atoms in total. The molecule has 1 aromatic heterocycles. The van der Waals surface area contributed by atoms with Crippen molar-refractivity contribution in [2.45, 2.75) is 0 Å². The Morgan fingerprint density at radius 1 is 1.20 bits per heavy atom. The van der Waals surface area contributed by atoms with Crippen LogP contribution in [0.4, 0.5) is 10.2 Å². The number of nitrogen functional groups attached to an aromatic ring is 1. The monoisotopic (exact) mass is 266 g/mol. The second-order valence-electron chi connectivity index (χ2n) is 3.06. The molecule has 0 spiro atoms. The summed E-state index contributed by atoms with van der Waals surface area (Å²) in [5, 5.41) is 0. The first kappa shape index (κ1) is 10.1. The van der Waals surface area contributed by atoms with Gasteiger partial charge in [-0.2, -0.15) is 0 Å². The summed E-state index contributed by atoms with van der Waals surface area (Å²) < 4.78 is 14.3. The van der Waals surface area contributed by atoms with Crippen LogP contribution in [-0.4, -0.2) is 4.98 Å². The molecule has 2 rings (SSSR count). The smallest absolute Gasteiger partial charge is 0.131 e. The Bertz CT molecular complexity index is 500. The van der Waals surface area contributed by atoms with Gasteiger partial charge in [-0.1, -0.05) is 15.9 Å². The molecule has 0 unspecified atom stereocenters. The van der Waals surface area contributed by atoms with Gasteiger partial charge in [0, 0.05) is 21.8 Å². The molecule has 0 aliphatic rings. The maximum atomic E-state index is 13.5. The quantitative estimate of drug-likeness (QED) is 0.861. The van der Waals surface area contributed by atoms with Crippen LogP contribution in [0.25, 0.3) is 11.1 Å². The van der Waals surface area contributed by atoms with Crippen LogP contribution in [0.5, 0.6) is 0 Å². The summed E-state index contributed by atoms with van der Waals surface area (Å²) in [4.78, 5) is 3.92. The second kappa shape index (κ2) is 3.98. The molecule has 0 saturated heterocycles. The molecule has 0 saturated carbocycles. The van der Waals surface area contributed by atoms with Crippen molar-refractivity contribution in [2.75, 3.05) is 5.73 Å². The van der Waals surface area contributed by atoms with Crippen molar-refractivity contribution < 1.29 is 4.39 Å². The van der Waals surface area contributed by atoms with Crippen LogP contribution in [0, 0.1) is 5.82 Å². The Morgan fingerprint density at radius 2 is 2.00 bits per heavy atom. The van der Waals surface area contributed by atoms with Gasteiger partial charge in [0.1, 0.15) is 11.6 Å². The predicted molar refractivity (Wildman–Crippen MR) is 61.7 cm³/mol. The van der Waals surface area contributed by atoms with Crippen LogP contribution in [0.2, 0.25) is 0 Å². The normalized spacial score (nSPS) is 10.3. The lowest BCUT2D eigenvalue weighted by molar-refractivity contribution is 0.631. The number of halogens is 2. The third-order valence-corrected chi connectivity index (χ3v) is 2.55. The molecule has 2 N–H and O–H groups in total. The topological polar surface area (TPSA) is 38.9 Å². The van der Waals surface area contributed by atoms with E-state index in [9.17, 15) is 4.39 Å². The zero-order valence-electron chi connectivity index (χ0n) is 7.74. The van der Waals surface area contributed by atoms with Crippen LogP contribution in [-0.2, 0) is 0 Å². The Balaban J connectivity index is 2.64. The second-order valence-corrected chi connectivity index (χ2v) is 3.98. The summed E-state index contributed by atoms with van der Waals surface area (Å²) in [5.74, 6) is 0.0207. The minimum atomic E-state index is -0.307. The molecule has 0 aliphatic heterocycles. The van der Waals surface area contributed by atoms with Crippen molar-refractivity contribution in [1.82, 2.24) is 4.98 Å². The van der Waals surface area contributed by atoms with E-state index in [4.69, 9.17) is 5.73 Å². The SMILES string of the molecule is Nc1ncccc1-c1cc(Br)ccc1F. The van der Waals surface area contributed by atoms with Crippen LogP contribution >= 0.6 is 15.9 Å². The predicted octanol–water partition coefficient (Wildman–Crippen LogP) is 3.23. The highest BCUT2D eigenvalue weighted by molar-refractivity contribution is 9.10. The lowest BCUT2D eigenvalue weighted by Gasteiger charge is -2.06. The Hall–Kier alpha value is -1.42. The average molecular weight is 267 g/mol. The molecule has 0 aliphatic carbocycles. The highest BCUT2D eigenvalue weighted by Gasteiger charge is 2.08. The summed E-state index contributed by atoms with van der Waals surface area (Å²) in [6.45, 7) is 0. The fourth-order valence-corrected chi connectivity index (χ4v) is 1.71.